The molecule has 2 N–H and O–H groups in total. The molecule has 1 unspecified atom stereocenters. The maximum Gasteiger partial charge on any atom is 0.251 e. The van der Waals surface area contributed by atoms with E-state index in [1.165, 1.54) is 31.0 Å². The molecule has 4 rings (SSSR count). The third-order valence-corrected chi connectivity index (χ3v) is 7.39. The molecule has 6 nitrogen and oxygen atoms in total. The molecular weight excluding hydrogens is 374 g/mol. The van der Waals surface area contributed by atoms with E-state index in [1.807, 2.05) is 19.1 Å². The SMILES string of the molecule is CC1Sc2ccc(C(=O)NCC3(N4CCOCC4)CCCCC3)cc2NC1=O. The van der Waals surface area contributed by atoms with Crippen molar-refractivity contribution in [2.45, 2.75) is 54.7 Å². The van der Waals surface area contributed by atoms with Gasteiger partial charge in [0.2, 0.25) is 5.91 Å². The fraction of sp³-hybridized carbons (Fsp3) is 0.619. The minimum absolute atomic E-state index is 0.0106. The van der Waals surface area contributed by atoms with Crippen molar-refractivity contribution in [1.82, 2.24) is 10.2 Å². The van der Waals surface area contributed by atoms with Crippen molar-refractivity contribution in [3.63, 3.8) is 0 Å². The predicted octanol–water partition coefficient (Wildman–Crippen LogP) is 2.88. The van der Waals surface area contributed by atoms with Gasteiger partial charge in [0, 0.05) is 35.6 Å². The van der Waals surface area contributed by atoms with Crippen LogP contribution < -0.4 is 10.6 Å². The fourth-order valence-electron chi connectivity index (χ4n) is 4.55. The molecule has 1 saturated carbocycles. The molecule has 1 aromatic rings. The first kappa shape index (κ1) is 19.7. The van der Waals surface area contributed by atoms with Crippen LogP contribution >= 0.6 is 11.8 Å². The Balaban J connectivity index is 1.45. The molecule has 0 aromatic heterocycles. The van der Waals surface area contributed by atoms with Crippen molar-refractivity contribution in [3.05, 3.63) is 23.8 Å². The van der Waals surface area contributed by atoms with Gasteiger partial charge in [-0.05, 0) is 38.0 Å². The molecule has 28 heavy (non-hydrogen) atoms. The summed E-state index contributed by atoms with van der Waals surface area (Å²) in [6.45, 7) is 5.98. The fourth-order valence-corrected chi connectivity index (χ4v) is 5.48. The van der Waals surface area contributed by atoms with Crippen LogP contribution in [-0.2, 0) is 9.53 Å². The van der Waals surface area contributed by atoms with E-state index in [4.69, 9.17) is 4.74 Å². The summed E-state index contributed by atoms with van der Waals surface area (Å²) in [6.07, 6.45) is 5.96. The molecule has 0 bridgehead atoms. The lowest BCUT2D eigenvalue weighted by molar-refractivity contribution is -0.115. The van der Waals surface area contributed by atoms with Crippen molar-refractivity contribution in [2.75, 3.05) is 38.2 Å². The second-order valence-corrected chi connectivity index (χ2v) is 9.41. The summed E-state index contributed by atoms with van der Waals surface area (Å²) in [5.41, 5.74) is 1.38. The molecule has 152 valence electrons. The molecule has 2 aliphatic heterocycles. The standard InChI is InChI=1S/C21H29N3O3S/c1-15-19(25)23-17-13-16(5-6-18(17)28-15)20(26)22-14-21(7-3-2-4-8-21)24-9-11-27-12-10-24/h5-6,13,15H,2-4,7-12,14H2,1H3,(H,22,26)(H,23,25). The van der Waals surface area contributed by atoms with Crippen LogP contribution in [-0.4, -0.2) is 60.4 Å². The van der Waals surface area contributed by atoms with Crippen LogP contribution in [0.2, 0.25) is 0 Å². The average Bonchev–Trinajstić information content (AvgIpc) is 2.74. The lowest BCUT2D eigenvalue weighted by Crippen LogP contribution is -2.59. The van der Waals surface area contributed by atoms with E-state index in [-0.39, 0.29) is 22.6 Å². The van der Waals surface area contributed by atoms with Gasteiger partial charge in [-0.1, -0.05) is 19.3 Å². The van der Waals surface area contributed by atoms with Crippen LogP contribution in [0.5, 0.6) is 0 Å². The van der Waals surface area contributed by atoms with Crippen LogP contribution in [0.1, 0.15) is 49.4 Å². The number of anilines is 1. The minimum Gasteiger partial charge on any atom is -0.379 e. The van der Waals surface area contributed by atoms with Crippen molar-refractivity contribution in [1.29, 1.82) is 0 Å². The van der Waals surface area contributed by atoms with Gasteiger partial charge in [-0.2, -0.15) is 0 Å². The third kappa shape index (κ3) is 4.07. The molecular formula is C21H29N3O3S. The molecule has 3 aliphatic rings. The Hall–Kier alpha value is -1.57. The molecule has 2 amide bonds. The summed E-state index contributed by atoms with van der Waals surface area (Å²) in [4.78, 5) is 28.4. The number of nitrogens with zero attached hydrogens (tertiary/aromatic N) is 1. The average molecular weight is 404 g/mol. The van der Waals surface area contributed by atoms with Crippen molar-refractivity contribution >= 4 is 29.3 Å². The zero-order valence-electron chi connectivity index (χ0n) is 16.5. The number of hydrogen-bond donors (Lipinski definition) is 2. The molecule has 1 aromatic carbocycles. The Labute approximate surface area is 170 Å². The molecule has 2 heterocycles. The highest BCUT2D eigenvalue weighted by Crippen LogP contribution is 2.36. The highest BCUT2D eigenvalue weighted by atomic mass is 32.2. The summed E-state index contributed by atoms with van der Waals surface area (Å²) in [5.74, 6) is -0.0811. The largest absolute Gasteiger partial charge is 0.379 e. The molecule has 0 radical (unpaired) electrons. The van der Waals surface area contributed by atoms with Crippen LogP contribution in [0.15, 0.2) is 23.1 Å². The van der Waals surface area contributed by atoms with Crippen molar-refractivity contribution in [2.24, 2.45) is 0 Å². The third-order valence-electron chi connectivity index (χ3n) is 6.22. The van der Waals surface area contributed by atoms with E-state index in [1.54, 1.807) is 6.07 Å². The zero-order valence-corrected chi connectivity index (χ0v) is 17.3. The van der Waals surface area contributed by atoms with Crippen molar-refractivity contribution in [3.8, 4) is 0 Å². The summed E-state index contributed by atoms with van der Waals surface area (Å²) >= 11 is 1.53. The van der Waals surface area contributed by atoms with Crippen LogP contribution in [0, 0.1) is 0 Å². The minimum atomic E-state index is -0.105. The molecule has 2 fully saturated rings. The smallest absolute Gasteiger partial charge is 0.251 e. The van der Waals surface area contributed by atoms with Gasteiger partial charge in [0.05, 0.1) is 24.2 Å². The van der Waals surface area contributed by atoms with E-state index in [0.717, 1.165) is 49.7 Å². The highest BCUT2D eigenvalue weighted by Gasteiger charge is 2.39. The number of nitrogens with one attached hydrogen (secondary N) is 2. The first-order chi connectivity index (χ1) is 13.6. The molecule has 1 atom stereocenters. The normalized spacial score (nSPS) is 24.9. The lowest BCUT2D eigenvalue weighted by atomic mass is 9.79. The Kier molecular flexibility index (Phi) is 5.94. The van der Waals surface area contributed by atoms with Gasteiger partial charge in [0.1, 0.15) is 0 Å². The van der Waals surface area contributed by atoms with Gasteiger partial charge in [-0.15, -0.1) is 11.8 Å². The number of rotatable bonds is 4. The molecule has 1 saturated heterocycles. The number of amides is 2. The highest BCUT2D eigenvalue weighted by molar-refractivity contribution is 8.00. The van der Waals surface area contributed by atoms with E-state index in [9.17, 15) is 9.59 Å². The Bertz CT molecular complexity index is 742. The number of carbonyl (C=O) groups excluding carboxylic acids is 2. The number of morpholine rings is 1. The lowest BCUT2D eigenvalue weighted by Gasteiger charge is -2.48. The maximum atomic E-state index is 12.9. The Morgan fingerprint density at radius 2 is 2.04 bits per heavy atom. The van der Waals surface area contributed by atoms with E-state index in [2.05, 4.69) is 15.5 Å². The van der Waals surface area contributed by atoms with Gasteiger partial charge in [-0.25, -0.2) is 0 Å². The number of carbonyl (C=O) groups is 2. The Morgan fingerprint density at radius 1 is 1.29 bits per heavy atom. The van der Waals surface area contributed by atoms with E-state index in [0.29, 0.717) is 12.1 Å². The van der Waals surface area contributed by atoms with Crippen LogP contribution in [0.3, 0.4) is 0 Å². The zero-order chi connectivity index (χ0) is 19.6. The number of benzene rings is 1. The molecule has 1 aliphatic carbocycles. The topological polar surface area (TPSA) is 70.7 Å². The predicted molar refractivity (Wildman–Crippen MR) is 111 cm³/mol. The number of fused-ring (bicyclic) bond motifs is 1. The van der Waals surface area contributed by atoms with Crippen molar-refractivity contribution < 1.29 is 14.3 Å². The quantitative estimate of drug-likeness (QED) is 0.809. The van der Waals surface area contributed by atoms with Crippen LogP contribution in [0.25, 0.3) is 0 Å². The van der Waals surface area contributed by atoms with Crippen LogP contribution in [0.4, 0.5) is 5.69 Å². The van der Waals surface area contributed by atoms with Gasteiger partial charge in [0.15, 0.2) is 0 Å². The van der Waals surface area contributed by atoms with E-state index < -0.39 is 0 Å². The second-order valence-electron chi connectivity index (χ2n) is 8.03. The monoisotopic (exact) mass is 403 g/mol. The van der Waals surface area contributed by atoms with E-state index >= 15 is 0 Å². The summed E-state index contributed by atoms with van der Waals surface area (Å²) < 4.78 is 5.53. The first-order valence-corrected chi connectivity index (χ1v) is 11.2. The second kappa shape index (κ2) is 8.43. The molecule has 7 heteroatoms. The number of ether oxygens (including phenoxy) is 1. The summed E-state index contributed by atoms with van der Waals surface area (Å²) in [6, 6.07) is 5.58. The maximum absolute atomic E-state index is 12.9. The summed E-state index contributed by atoms with van der Waals surface area (Å²) in [7, 11) is 0. The van der Waals surface area contributed by atoms with Gasteiger partial charge >= 0.3 is 0 Å². The number of thioether (sulfide) groups is 1. The first-order valence-electron chi connectivity index (χ1n) is 10.3. The Morgan fingerprint density at radius 3 is 2.79 bits per heavy atom. The number of hydrogen-bond acceptors (Lipinski definition) is 5. The van der Waals surface area contributed by atoms with Gasteiger partial charge in [0.25, 0.3) is 5.91 Å². The molecule has 0 spiro atoms. The summed E-state index contributed by atoms with van der Waals surface area (Å²) in [5, 5.41) is 6.00. The van der Waals surface area contributed by atoms with Gasteiger partial charge in [-0.3, -0.25) is 14.5 Å². The van der Waals surface area contributed by atoms with Gasteiger partial charge < -0.3 is 15.4 Å².